The molecule has 1 heterocycles. The lowest BCUT2D eigenvalue weighted by atomic mass is 10.2. The summed E-state index contributed by atoms with van der Waals surface area (Å²) in [7, 11) is 0. The maximum Gasteiger partial charge on any atom is 0.125 e. The lowest BCUT2D eigenvalue weighted by Gasteiger charge is -2.13. The molecule has 0 radical (unpaired) electrons. The normalized spacial score (nSPS) is 12.5. The molecule has 96 valence electrons. The maximum atomic E-state index is 5.78. The number of alkyl halides is 1. The number of aromatic nitrogens is 1. The summed E-state index contributed by atoms with van der Waals surface area (Å²) in [6, 6.07) is 1.86. The van der Waals surface area contributed by atoms with Gasteiger partial charge in [-0.05, 0) is 26.3 Å². The molecule has 4 heteroatoms. The molecule has 17 heavy (non-hydrogen) atoms. The van der Waals surface area contributed by atoms with Crippen LogP contribution in [0.1, 0.15) is 31.5 Å². The molecule has 0 aliphatic carbocycles. The molecule has 0 bridgehead atoms. The lowest BCUT2D eigenvalue weighted by Crippen LogP contribution is -2.13. The zero-order valence-electron chi connectivity index (χ0n) is 10.7. The fraction of sp³-hybridized carbons (Fsp3) is 0.615. The molecule has 1 atom stereocenters. The number of rotatable bonds is 7. The van der Waals surface area contributed by atoms with Gasteiger partial charge < -0.3 is 9.47 Å². The van der Waals surface area contributed by atoms with Gasteiger partial charge in [-0.15, -0.1) is 11.6 Å². The van der Waals surface area contributed by atoms with Crippen LogP contribution in [-0.4, -0.2) is 24.3 Å². The summed E-state index contributed by atoms with van der Waals surface area (Å²) in [5.74, 6) is 1.25. The van der Waals surface area contributed by atoms with E-state index in [1.54, 1.807) is 6.20 Å². The van der Waals surface area contributed by atoms with Crippen LogP contribution in [0.5, 0.6) is 5.75 Å². The van der Waals surface area contributed by atoms with Crippen molar-refractivity contribution in [1.82, 2.24) is 4.98 Å². The van der Waals surface area contributed by atoms with Crippen LogP contribution in [-0.2, 0) is 10.6 Å². The van der Waals surface area contributed by atoms with E-state index in [0.29, 0.717) is 19.1 Å². The summed E-state index contributed by atoms with van der Waals surface area (Å²) >= 11 is 5.78. The van der Waals surface area contributed by atoms with Crippen molar-refractivity contribution in [2.75, 3.05) is 13.2 Å². The van der Waals surface area contributed by atoms with Crippen LogP contribution in [0.4, 0.5) is 0 Å². The molecule has 1 unspecified atom stereocenters. The Hall–Kier alpha value is -0.800. The SMILES string of the molecule is CCC(C)OCCOc1ccnc(CCl)c1C. The van der Waals surface area contributed by atoms with Crippen LogP contribution < -0.4 is 4.74 Å². The molecule has 0 spiro atoms. The van der Waals surface area contributed by atoms with Gasteiger partial charge in [-0.2, -0.15) is 0 Å². The average Bonchev–Trinajstić information content (AvgIpc) is 2.36. The number of ether oxygens (including phenoxy) is 2. The molecule has 1 aromatic rings. The van der Waals surface area contributed by atoms with E-state index in [-0.39, 0.29) is 6.10 Å². The summed E-state index contributed by atoms with van der Waals surface area (Å²) in [5.41, 5.74) is 1.87. The third-order valence-corrected chi connectivity index (χ3v) is 2.96. The maximum absolute atomic E-state index is 5.78. The number of halogens is 1. The van der Waals surface area contributed by atoms with Gasteiger partial charge in [0.25, 0.3) is 0 Å². The summed E-state index contributed by atoms with van der Waals surface area (Å²) in [4.78, 5) is 4.18. The third kappa shape index (κ3) is 4.52. The quantitative estimate of drug-likeness (QED) is 0.555. The van der Waals surface area contributed by atoms with Crippen LogP contribution in [0, 0.1) is 6.92 Å². The smallest absolute Gasteiger partial charge is 0.125 e. The Morgan fingerprint density at radius 2 is 2.18 bits per heavy atom. The van der Waals surface area contributed by atoms with E-state index < -0.39 is 0 Å². The Bertz CT molecular complexity index is 344. The van der Waals surface area contributed by atoms with Gasteiger partial charge in [-0.1, -0.05) is 6.92 Å². The van der Waals surface area contributed by atoms with E-state index in [9.17, 15) is 0 Å². The Balaban J connectivity index is 2.41. The fourth-order valence-corrected chi connectivity index (χ4v) is 1.64. The van der Waals surface area contributed by atoms with E-state index in [2.05, 4.69) is 18.8 Å². The Morgan fingerprint density at radius 3 is 2.82 bits per heavy atom. The highest BCUT2D eigenvalue weighted by Gasteiger charge is 2.05. The molecular formula is C13H20ClNO2. The topological polar surface area (TPSA) is 31.4 Å². The monoisotopic (exact) mass is 257 g/mol. The highest BCUT2D eigenvalue weighted by Crippen LogP contribution is 2.20. The van der Waals surface area contributed by atoms with Crippen molar-refractivity contribution in [1.29, 1.82) is 0 Å². The Kier molecular flexibility index (Phi) is 6.30. The van der Waals surface area contributed by atoms with E-state index >= 15 is 0 Å². The first-order valence-corrected chi connectivity index (χ1v) is 6.47. The second kappa shape index (κ2) is 7.51. The Labute approximate surface area is 108 Å². The molecule has 3 nitrogen and oxygen atoms in total. The van der Waals surface area contributed by atoms with Gasteiger partial charge in [0, 0.05) is 11.8 Å². The van der Waals surface area contributed by atoms with E-state index in [0.717, 1.165) is 23.4 Å². The molecule has 0 amide bonds. The summed E-state index contributed by atoms with van der Waals surface area (Å²) in [6.45, 7) is 7.29. The fourth-order valence-electron chi connectivity index (χ4n) is 1.37. The second-order valence-corrected chi connectivity index (χ2v) is 4.22. The predicted octanol–water partition coefficient (Wildman–Crippen LogP) is 3.32. The largest absolute Gasteiger partial charge is 0.491 e. The second-order valence-electron chi connectivity index (χ2n) is 3.95. The highest BCUT2D eigenvalue weighted by molar-refractivity contribution is 6.17. The van der Waals surface area contributed by atoms with Crippen LogP contribution in [0.3, 0.4) is 0 Å². The van der Waals surface area contributed by atoms with Gasteiger partial charge in [0.05, 0.1) is 24.3 Å². The molecule has 0 saturated carbocycles. The van der Waals surface area contributed by atoms with Gasteiger partial charge in [0.2, 0.25) is 0 Å². The van der Waals surface area contributed by atoms with Crippen molar-refractivity contribution >= 4 is 11.6 Å². The number of nitrogens with zero attached hydrogens (tertiary/aromatic N) is 1. The minimum atomic E-state index is 0.288. The molecule has 0 fully saturated rings. The molecule has 0 aliphatic rings. The van der Waals surface area contributed by atoms with Crippen molar-refractivity contribution in [2.45, 2.75) is 39.2 Å². The number of pyridine rings is 1. The van der Waals surface area contributed by atoms with Crippen molar-refractivity contribution in [3.8, 4) is 5.75 Å². The first-order chi connectivity index (χ1) is 8.19. The zero-order chi connectivity index (χ0) is 12.7. The van der Waals surface area contributed by atoms with Crippen LogP contribution in [0.2, 0.25) is 0 Å². The van der Waals surface area contributed by atoms with Gasteiger partial charge in [0.1, 0.15) is 12.4 Å². The minimum Gasteiger partial charge on any atom is -0.491 e. The standard InChI is InChI=1S/C13H20ClNO2/c1-4-10(2)16-7-8-17-13-5-6-15-12(9-14)11(13)3/h5-6,10H,4,7-9H2,1-3H3. The molecule has 0 aromatic carbocycles. The van der Waals surface area contributed by atoms with Crippen LogP contribution in [0.25, 0.3) is 0 Å². The van der Waals surface area contributed by atoms with Gasteiger partial charge in [-0.3, -0.25) is 4.98 Å². The zero-order valence-corrected chi connectivity index (χ0v) is 11.5. The Morgan fingerprint density at radius 1 is 1.41 bits per heavy atom. The van der Waals surface area contributed by atoms with Crippen molar-refractivity contribution in [3.05, 3.63) is 23.5 Å². The molecule has 1 rings (SSSR count). The number of hydrogen-bond donors (Lipinski definition) is 0. The van der Waals surface area contributed by atoms with Crippen LogP contribution >= 0.6 is 11.6 Å². The summed E-state index contributed by atoms with van der Waals surface area (Å²) < 4.78 is 11.2. The highest BCUT2D eigenvalue weighted by atomic mass is 35.5. The first kappa shape index (κ1) is 14.3. The minimum absolute atomic E-state index is 0.288. The van der Waals surface area contributed by atoms with E-state index in [1.165, 1.54) is 0 Å². The van der Waals surface area contributed by atoms with Crippen molar-refractivity contribution < 1.29 is 9.47 Å². The van der Waals surface area contributed by atoms with Crippen molar-refractivity contribution in [2.24, 2.45) is 0 Å². The van der Waals surface area contributed by atoms with E-state index in [1.807, 2.05) is 13.0 Å². The summed E-state index contributed by atoms with van der Waals surface area (Å²) in [6.07, 6.45) is 3.02. The predicted molar refractivity (Wildman–Crippen MR) is 69.7 cm³/mol. The van der Waals surface area contributed by atoms with Gasteiger partial charge in [-0.25, -0.2) is 0 Å². The third-order valence-electron chi connectivity index (χ3n) is 2.70. The van der Waals surface area contributed by atoms with Crippen LogP contribution in [0.15, 0.2) is 12.3 Å². The molecule has 0 aliphatic heterocycles. The first-order valence-electron chi connectivity index (χ1n) is 5.93. The van der Waals surface area contributed by atoms with Gasteiger partial charge >= 0.3 is 0 Å². The average molecular weight is 258 g/mol. The lowest BCUT2D eigenvalue weighted by molar-refractivity contribution is 0.0425. The molecular weight excluding hydrogens is 238 g/mol. The van der Waals surface area contributed by atoms with E-state index in [4.69, 9.17) is 21.1 Å². The molecule has 1 aromatic heterocycles. The summed E-state index contributed by atoms with van der Waals surface area (Å²) in [5, 5.41) is 0. The molecule has 0 N–H and O–H groups in total. The van der Waals surface area contributed by atoms with Gasteiger partial charge in [0.15, 0.2) is 0 Å². The molecule has 0 saturated heterocycles. The number of hydrogen-bond acceptors (Lipinski definition) is 3. The van der Waals surface area contributed by atoms with Crippen molar-refractivity contribution in [3.63, 3.8) is 0 Å².